The maximum atomic E-state index is 5.80. The van der Waals surface area contributed by atoms with Crippen molar-refractivity contribution >= 4 is 5.69 Å². The van der Waals surface area contributed by atoms with Crippen molar-refractivity contribution in [1.29, 1.82) is 0 Å². The Morgan fingerprint density at radius 2 is 2.08 bits per heavy atom. The standard InChI is InChI=1S/C10H16N2/c1-3-8-4-5-9(12)6-10(8)7(2)11/h4-7H,3,11-12H2,1-2H3. The average Bonchev–Trinajstić information content (AvgIpc) is 2.04. The van der Waals surface area contributed by atoms with E-state index in [1.54, 1.807) is 0 Å². The maximum Gasteiger partial charge on any atom is 0.0317 e. The molecule has 0 bridgehead atoms. The molecule has 0 fully saturated rings. The lowest BCUT2D eigenvalue weighted by molar-refractivity contribution is 0.801. The SMILES string of the molecule is CCc1ccc(N)cc1C(C)N. The molecule has 2 heteroatoms. The van der Waals surface area contributed by atoms with Crippen molar-refractivity contribution < 1.29 is 0 Å². The fourth-order valence-electron chi connectivity index (χ4n) is 1.36. The third-order valence-electron chi connectivity index (χ3n) is 2.04. The zero-order valence-corrected chi connectivity index (χ0v) is 7.67. The first kappa shape index (κ1) is 9.07. The van der Waals surface area contributed by atoms with Crippen LogP contribution in [0.3, 0.4) is 0 Å². The summed E-state index contributed by atoms with van der Waals surface area (Å²) in [7, 11) is 0. The number of hydrogen-bond donors (Lipinski definition) is 2. The summed E-state index contributed by atoms with van der Waals surface area (Å²) in [5.74, 6) is 0. The Kier molecular flexibility index (Phi) is 2.71. The molecule has 0 saturated carbocycles. The Hall–Kier alpha value is -1.02. The van der Waals surface area contributed by atoms with Crippen molar-refractivity contribution in [2.45, 2.75) is 26.3 Å². The van der Waals surface area contributed by atoms with E-state index in [0.29, 0.717) is 0 Å². The van der Waals surface area contributed by atoms with Crippen LogP contribution in [0.5, 0.6) is 0 Å². The summed E-state index contributed by atoms with van der Waals surface area (Å²) in [5, 5.41) is 0. The lowest BCUT2D eigenvalue weighted by atomic mass is 9.99. The molecular formula is C10H16N2. The predicted molar refractivity (Wildman–Crippen MR) is 52.8 cm³/mol. The van der Waals surface area contributed by atoms with Crippen molar-refractivity contribution in [1.82, 2.24) is 0 Å². The van der Waals surface area contributed by atoms with Gasteiger partial charge in [0.2, 0.25) is 0 Å². The highest BCUT2D eigenvalue weighted by atomic mass is 14.6. The second-order valence-corrected chi connectivity index (χ2v) is 3.10. The summed E-state index contributed by atoms with van der Waals surface area (Å²) in [6.45, 7) is 4.10. The second-order valence-electron chi connectivity index (χ2n) is 3.10. The molecule has 0 heterocycles. The van der Waals surface area contributed by atoms with E-state index in [1.165, 1.54) is 5.56 Å². The molecule has 0 amide bonds. The summed E-state index contributed by atoms with van der Waals surface area (Å²) in [6, 6.07) is 6.01. The third-order valence-corrected chi connectivity index (χ3v) is 2.04. The van der Waals surface area contributed by atoms with Gasteiger partial charge in [0.25, 0.3) is 0 Å². The molecule has 12 heavy (non-hydrogen) atoms. The Morgan fingerprint density at radius 3 is 2.58 bits per heavy atom. The average molecular weight is 164 g/mol. The van der Waals surface area contributed by atoms with Gasteiger partial charge in [-0.25, -0.2) is 0 Å². The van der Waals surface area contributed by atoms with Gasteiger partial charge in [-0.1, -0.05) is 13.0 Å². The van der Waals surface area contributed by atoms with Crippen molar-refractivity contribution in [3.05, 3.63) is 29.3 Å². The normalized spacial score (nSPS) is 12.9. The minimum Gasteiger partial charge on any atom is -0.399 e. The van der Waals surface area contributed by atoms with Crippen LogP contribution in [0.1, 0.15) is 31.0 Å². The molecule has 2 nitrogen and oxygen atoms in total. The van der Waals surface area contributed by atoms with Crippen LogP contribution in [0.2, 0.25) is 0 Å². The molecule has 0 aromatic heterocycles. The molecule has 0 saturated heterocycles. The first-order chi connectivity index (χ1) is 5.65. The van der Waals surface area contributed by atoms with E-state index in [0.717, 1.165) is 17.7 Å². The van der Waals surface area contributed by atoms with Gasteiger partial charge in [-0.05, 0) is 36.6 Å². The van der Waals surface area contributed by atoms with Gasteiger partial charge < -0.3 is 11.5 Å². The van der Waals surface area contributed by atoms with Crippen LogP contribution < -0.4 is 11.5 Å². The van der Waals surface area contributed by atoms with Crippen LogP contribution in [0.25, 0.3) is 0 Å². The topological polar surface area (TPSA) is 52.0 Å². The third kappa shape index (κ3) is 1.77. The van der Waals surface area contributed by atoms with Crippen LogP contribution in [0.4, 0.5) is 5.69 Å². The fourth-order valence-corrected chi connectivity index (χ4v) is 1.36. The predicted octanol–water partition coefficient (Wildman–Crippen LogP) is 1.85. The highest BCUT2D eigenvalue weighted by molar-refractivity contribution is 5.45. The quantitative estimate of drug-likeness (QED) is 0.655. The second kappa shape index (κ2) is 3.59. The zero-order chi connectivity index (χ0) is 9.14. The van der Waals surface area contributed by atoms with Gasteiger partial charge in [0.15, 0.2) is 0 Å². The molecule has 1 unspecified atom stereocenters. The molecule has 1 aromatic carbocycles. The first-order valence-corrected chi connectivity index (χ1v) is 4.29. The lowest BCUT2D eigenvalue weighted by Gasteiger charge is -2.11. The van der Waals surface area contributed by atoms with Crippen LogP contribution >= 0.6 is 0 Å². The van der Waals surface area contributed by atoms with Gasteiger partial charge in [0.1, 0.15) is 0 Å². The number of nitrogen functional groups attached to an aromatic ring is 1. The van der Waals surface area contributed by atoms with Gasteiger partial charge >= 0.3 is 0 Å². The van der Waals surface area contributed by atoms with Crippen molar-refractivity contribution in [3.63, 3.8) is 0 Å². The van der Waals surface area contributed by atoms with Gasteiger partial charge in [0.05, 0.1) is 0 Å². The minimum atomic E-state index is 0.0726. The van der Waals surface area contributed by atoms with Gasteiger partial charge in [-0.2, -0.15) is 0 Å². The van der Waals surface area contributed by atoms with Crippen LogP contribution in [-0.2, 0) is 6.42 Å². The highest BCUT2D eigenvalue weighted by Crippen LogP contribution is 2.19. The van der Waals surface area contributed by atoms with Crippen molar-refractivity contribution in [2.24, 2.45) is 5.73 Å². The van der Waals surface area contributed by atoms with Gasteiger partial charge in [0, 0.05) is 11.7 Å². The highest BCUT2D eigenvalue weighted by Gasteiger charge is 2.04. The Bertz CT molecular complexity index is 267. The molecule has 1 aromatic rings. The molecular weight excluding hydrogens is 148 g/mol. The van der Waals surface area contributed by atoms with E-state index >= 15 is 0 Å². The summed E-state index contributed by atoms with van der Waals surface area (Å²) in [6.07, 6.45) is 1.01. The number of rotatable bonds is 2. The van der Waals surface area contributed by atoms with Crippen LogP contribution in [0.15, 0.2) is 18.2 Å². The molecule has 0 aliphatic carbocycles. The lowest BCUT2D eigenvalue weighted by Crippen LogP contribution is -2.08. The summed E-state index contributed by atoms with van der Waals surface area (Å²) in [4.78, 5) is 0. The molecule has 66 valence electrons. The van der Waals surface area contributed by atoms with Gasteiger partial charge in [-0.3, -0.25) is 0 Å². The Balaban J connectivity index is 3.12. The minimum absolute atomic E-state index is 0.0726. The first-order valence-electron chi connectivity index (χ1n) is 4.29. The van der Waals surface area contributed by atoms with E-state index < -0.39 is 0 Å². The monoisotopic (exact) mass is 164 g/mol. The number of nitrogens with two attached hydrogens (primary N) is 2. The summed E-state index contributed by atoms with van der Waals surface area (Å²) in [5.41, 5.74) is 14.7. The van der Waals surface area contributed by atoms with E-state index in [9.17, 15) is 0 Å². The Labute approximate surface area is 73.6 Å². The van der Waals surface area contributed by atoms with E-state index in [-0.39, 0.29) is 6.04 Å². The van der Waals surface area contributed by atoms with Crippen LogP contribution in [0, 0.1) is 0 Å². The van der Waals surface area contributed by atoms with Crippen molar-refractivity contribution in [2.75, 3.05) is 5.73 Å². The number of hydrogen-bond acceptors (Lipinski definition) is 2. The number of benzene rings is 1. The molecule has 0 aliphatic rings. The molecule has 0 radical (unpaired) electrons. The Morgan fingerprint density at radius 1 is 1.42 bits per heavy atom. The smallest absolute Gasteiger partial charge is 0.0317 e. The van der Waals surface area contributed by atoms with Crippen LogP contribution in [-0.4, -0.2) is 0 Å². The zero-order valence-electron chi connectivity index (χ0n) is 7.67. The largest absolute Gasteiger partial charge is 0.399 e. The fraction of sp³-hybridized carbons (Fsp3) is 0.400. The molecule has 1 atom stereocenters. The van der Waals surface area contributed by atoms with E-state index in [4.69, 9.17) is 11.5 Å². The molecule has 0 aliphatic heterocycles. The number of anilines is 1. The van der Waals surface area contributed by atoms with E-state index in [1.807, 2.05) is 25.1 Å². The van der Waals surface area contributed by atoms with Gasteiger partial charge in [-0.15, -0.1) is 0 Å². The summed E-state index contributed by atoms with van der Waals surface area (Å²) >= 11 is 0. The molecule has 0 spiro atoms. The maximum absolute atomic E-state index is 5.80. The molecule has 1 rings (SSSR count). The van der Waals surface area contributed by atoms with E-state index in [2.05, 4.69) is 6.92 Å². The summed E-state index contributed by atoms with van der Waals surface area (Å²) < 4.78 is 0. The molecule has 4 N–H and O–H groups in total. The van der Waals surface area contributed by atoms with Crippen molar-refractivity contribution in [3.8, 4) is 0 Å². The number of aryl methyl sites for hydroxylation is 1.